The van der Waals surface area contributed by atoms with Crippen LogP contribution in [0.15, 0.2) is 21.7 Å². The van der Waals surface area contributed by atoms with E-state index in [4.69, 9.17) is 0 Å². The Morgan fingerprint density at radius 2 is 2.12 bits per heavy atom. The number of nitrogens with one attached hydrogen (secondary N) is 1. The Morgan fingerprint density at radius 3 is 2.94 bits per heavy atom. The number of hydrogen-bond acceptors (Lipinski definition) is 5. The smallest absolute Gasteiger partial charge is 0.314 e. The Labute approximate surface area is 92.5 Å². The maximum atomic E-state index is 11.4. The predicted molar refractivity (Wildman–Crippen MR) is 60.8 cm³/mol. The second-order valence-electron chi connectivity index (χ2n) is 3.41. The third-order valence-corrected chi connectivity index (χ3v) is 3.05. The van der Waals surface area contributed by atoms with Crippen molar-refractivity contribution >= 4 is 33.8 Å². The van der Waals surface area contributed by atoms with Crippen LogP contribution in [0.25, 0.3) is 22.1 Å². The highest BCUT2D eigenvalue weighted by molar-refractivity contribution is 7.00. The molecule has 0 aliphatic heterocycles. The first kappa shape index (κ1) is 9.22. The van der Waals surface area contributed by atoms with Gasteiger partial charge in [-0.25, -0.2) is 0 Å². The van der Waals surface area contributed by atoms with Crippen LogP contribution in [-0.2, 0) is 7.05 Å². The van der Waals surface area contributed by atoms with Crippen LogP contribution < -0.4 is 11.1 Å². The third-order valence-electron chi connectivity index (χ3n) is 2.50. The molecule has 2 heterocycles. The lowest BCUT2D eigenvalue weighted by molar-refractivity contribution is 0.875. The van der Waals surface area contributed by atoms with Gasteiger partial charge in [-0.3, -0.25) is 9.59 Å². The highest BCUT2D eigenvalue weighted by Gasteiger charge is 2.09. The van der Waals surface area contributed by atoms with Gasteiger partial charge in [0.25, 0.3) is 0 Å². The molecule has 80 valence electrons. The lowest BCUT2D eigenvalue weighted by atomic mass is 10.2. The van der Waals surface area contributed by atoms with E-state index in [1.54, 1.807) is 19.2 Å². The van der Waals surface area contributed by atoms with Gasteiger partial charge >= 0.3 is 11.1 Å². The van der Waals surface area contributed by atoms with E-state index in [0.717, 1.165) is 11.7 Å². The maximum absolute atomic E-state index is 11.4. The Hall–Kier alpha value is -2.02. The van der Waals surface area contributed by atoms with Crippen LogP contribution in [0, 0.1) is 0 Å². The molecule has 0 saturated heterocycles. The highest BCUT2D eigenvalue weighted by atomic mass is 32.1. The van der Waals surface area contributed by atoms with Crippen molar-refractivity contribution in [2.24, 2.45) is 7.05 Å². The van der Waals surface area contributed by atoms with Crippen molar-refractivity contribution in [3.8, 4) is 0 Å². The van der Waals surface area contributed by atoms with E-state index in [1.807, 2.05) is 0 Å². The van der Waals surface area contributed by atoms with Crippen molar-refractivity contribution in [1.29, 1.82) is 0 Å². The first-order valence-electron chi connectivity index (χ1n) is 4.53. The van der Waals surface area contributed by atoms with Gasteiger partial charge in [0.2, 0.25) is 0 Å². The van der Waals surface area contributed by atoms with Crippen LogP contribution in [-0.4, -0.2) is 18.3 Å². The second-order valence-corrected chi connectivity index (χ2v) is 3.94. The van der Waals surface area contributed by atoms with Crippen molar-refractivity contribution in [3.05, 3.63) is 32.8 Å². The summed E-state index contributed by atoms with van der Waals surface area (Å²) in [4.78, 5) is 25.4. The summed E-state index contributed by atoms with van der Waals surface area (Å²) in [5.74, 6) is 0. The van der Waals surface area contributed by atoms with E-state index in [2.05, 4.69) is 13.7 Å². The average molecular weight is 234 g/mol. The van der Waals surface area contributed by atoms with Crippen molar-refractivity contribution in [1.82, 2.24) is 18.3 Å². The monoisotopic (exact) mass is 234 g/mol. The Balaban J connectivity index is 2.72. The second kappa shape index (κ2) is 2.99. The molecule has 3 rings (SSSR count). The molecule has 1 aromatic carbocycles. The van der Waals surface area contributed by atoms with Gasteiger partial charge in [-0.05, 0) is 12.1 Å². The summed E-state index contributed by atoms with van der Waals surface area (Å²) in [5, 5.41) is 0. The Morgan fingerprint density at radius 1 is 1.31 bits per heavy atom. The summed E-state index contributed by atoms with van der Waals surface area (Å²) in [6.45, 7) is 0. The molecule has 1 N–H and O–H groups in total. The molecule has 2 aromatic heterocycles. The molecule has 7 heteroatoms. The van der Waals surface area contributed by atoms with Gasteiger partial charge in [-0.15, -0.1) is 0 Å². The summed E-state index contributed by atoms with van der Waals surface area (Å²) < 4.78 is 9.49. The maximum Gasteiger partial charge on any atom is 0.316 e. The van der Waals surface area contributed by atoms with Crippen molar-refractivity contribution < 1.29 is 0 Å². The minimum absolute atomic E-state index is 0.554. The van der Waals surface area contributed by atoms with Crippen LogP contribution >= 0.6 is 11.7 Å². The Bertz CT molecular complexity index is 814. The zero-order chi connectivity index (χ0) is 11.3. The first-order valence-corrected chi connectivity index (χ1v) is 5.26. The molecule has 0 spiro atoms. The fraction of sp³-hybridized carbons (Fsp3) is 0.111. The van der Waals surface area contributed by atoms with Gasteiger partial charge in [0, 0.05) is 7.05 Å². The standard InChI is InChI=1S/C9H6N4O2S/c1-13-5-3-2-4-6(12-16-11-4)7(5)10-8(14)9(13)15/h2-3H,1H3,(H,10,14). The van der Waals surface area contributed by atoms with Crippen molar-refractivity contribution in [2.75, 3.05) is 0 Å². The minimum Gasteiger partial charge on any atom is -0.314 e. The van der Waals surface area contributed by atoms with Crippen molar-refractivity contribution in [2.45, 2.75) is 0 Å². The number of hydrogen-bond donors (Lipinski definition) is 1. The molecule has 0 fully saturated rings. The van der Waals surface area contributed by atoms with E-state index < -0.39 is 11.1 Å². The van der Waals surface area contributed by atoms with E-state index in [-0.39, 0.29) is 0 Å². The number of nitrogens with zero attached hydrogens (tertiary/aromatic N) is 3. The quantitative estimate of drug-likeness (QED) is 0.565. The fourth-order valence-electron chi connectivity index (χ4n) is 1.67. The lowest BCUT2D eigenvalue weighted by Crippen LogP contribution is -2.34. The van der Waals surface area contributed by atoms with E-state index in [9.17, 15) is 9.59 Å². The van der Waals surface area contributed by atoms with Crippen molar-refractivity contribution in [3.63, 3.8) is 0 Å². The van der Waals surface area contributed by atoms with Crippen LogP contribution in [0.2, 0.25) is 0 Å². The predicted octanol–water partition coefficient (Wildman–Crippen LogP) is 0.231. The fourth-order valence-corrected chi connectivity index (χ4v) is 2.21. The molecule has 3 aromatic rings. The molecule has 16 heavy (non-hydrogen) atoms. The SMILES string of the molecule is Cn1c(=O)c(=O)[nH]c2c3nsnc3ccc21. The molecule has 0 unspecified atom stereocenters. The van der Waals surface area contributed by atoms with E-state index in [1.165, 1.54) is 4.57 Å². The lowest BCUT2D eigenvalue weighted by Gasteiger charge is -2.02. The zero-order valence-electron chi connectivity index (χ0n) is 8.22. The largest absolute Gasteiger partial charge is 0.316 e. The Kier molecular flexibility index (Phi) is 1.72. The molecule has 0 aliphatic rings. The van der Waals surface area contributed by atoms with E-state index in [0.29, 0.717) is 22.1 Å². The van der Waals surface area contributed by atoms with Crippen LogP contribution in [0.1, 0.15) is 0 Å². The molecule has 0 radical (unpaired) electrons. The number of fused-ring (bicyclic) bond motifs is 3. The minimum atomic E-state index is -0.643. The topological polar surface area (TPSA) is 80.6 Å². The molecule has 0 bridgehead atoms. The van der Waals surface area contributed by atoms with Gasteiger partial charge < -0.3 is 9.55 Å². The molecule has 0 aliphatic carbocycles. The number of aromatic nitrogens is 4. The molecular weight excluding hydrogens is 228 g/mol. The van der Waals surface area contributed by atoms with Crippen LogP contribution in [0.3, 0.4) is 0 Å². The zero-order valence-corrected chi connectivity index (χ0v) is 9.04. The summed E-state index contributed by atoms with van der Waals surface area (Å²) >= 11 is 1.07. The number of aryl methyl sites for hydroxylation is 1. The summed E-state index contributed by atoms with van der Waals surface area (Å²) in [5.41, 5.74) is 1.32. The van der Waals surface area contributed by atoms with Gasteiger partial charge in [0.15, 0.2) is 0 Å². The summed E-state index contributed by atoms with van der Waals surface area (Å²) in [6, 6.07) is 3.52. The molecule has 0 saturated carbocycles. The first-order chi connectivity index (χ1) is 7.68. The average Bonchev–Trinajstić information content (AvgIpc) is 2.74. The molecule has 0 amide bonds. The van der Waals surface area contributed by atoms with Crippen LogP contribution in [0.4, 0.5) is 0 Å². The summed E-state index contributed by atoms with van der Waals surface area (Å²) in [6.07, 6.45) is 0. The summed E-state index contributed by atoms with van der Waals surface area (Å²) in [7, 11) is 1.56. The highest BCUT2D eigenvalue weighted by Crippen LogP contribution is 2.19. The van der Waals surface area contributed by atoms with Gasteiger partial charge in [-0.1, -0.05) is 0 Å². The number of benzene rings is 1. The molecule has 0 atom stereocenters. The molecular formula is C9H6N4O2S. The van der Waals surface area contributed by atoms with Crippen LogP contribution in [0.5, 0.6) is 0 Å². The third kappa shape index (κ3) is 1.06. The van der Waals surface area contributed by atoms with Gasteiger partial charge in [-0.2, -0.15) is 8.75 Å². The molecule has 6 nitrogen and oxygen atoms in total. The number of rotatable bonds is 0. The normalized spacial score (nSPS) is 11.3. The number of aromatic amines is 1. The van der Waals surface area contributed by atoms with Gasteiger partial charge in [0.1, 0.15) is 11.0 Å². The van der Waals surface area contributed by atoms with Gasteiger partial charge in [0.05, 0.1) is 22.8 Å². The van der Waals surface area contributed by atoms with E-state index >= 15 is 0 Å². The number of H-pyrrole nitrogens is 1.